The van der Waals surface area contributed by atoms with Crippen molar-refractivity contribution in [1.29, 1.82) is 0 Å². The first-order chi connectivity index (χ1) is 14.4. The molecule has 3 aromatic rings. The van der Waals surface area contributed by atoms with Crippen molar-refractivity contribution in [3.8, 4) is 0 Å². The van der Waals surface area contributed by atoms with Crippen molar-refractivity contribution in [1.82, 2.24) is 9.88 Å². The Bertz CT molecular complexity index is 1080. The molecule has 0 unspecified atom stereocenters. The van der Waals surface area contributed by atoms with Crippen LogP contribution in [0, 0.1) is 20.8 Å². The van der Waals surface area contributed by atoms with Crippen molar-refractivity contribution in [3.63, 3.8) is 0 Å². The van der Waals surface area contributed by atoms with E-state index in [2.05, 4.69) is 11.8 Å². The Morgan fingerprint density at radius 3 is 2.67 bits per heavy atom. The van der Waals surface area contributed by atoms with Gasteiger partial charge in [-0.15, -0.1) is 0 Å². The molecule has 4 rings (SSSR count). The average Bonchev–Trinajstić information content (AvgIpc) is 3.18. The van der Waals surface area contributed by atoms with Gasteiger partial charge in [0, 0.05) is 36.8 Å². The van der Waals surface area contributed by atoms with Gasteiger partial charge in [-0.3, -0.25) is 14.6 Å². The summed E-state index contributed by atoms with van der Waals surface area (Å²) in [5, 5.41) is 1.41. The molecule has 1 saturated heterocycles. The second-order valence-electron chi connectivity index (χ2n) is 7.73. The molecular weight excluding hydrogens is 418 g/mol. The molecule has 1 aliphatic heterocycles. The highest BCUT2D eigenvalue weighted by molar-refractivity contribution is 7.22. The second-order valence-corrected chi connectivity index (χ2v) is 9.14. The van der Waals surface area contributed by atoms with E-state index in [1.165, 1.54) is 16.9 Å². The third kappa shape index (κ3) is 4.37. The third-order valence-corrected chi connectivity index (χ3v) is 7.16. The number of hydrogen-bond acceptors (Lipinski definition) is 5. The molecule has 7 heteroatoms. The van der Waals surface area contributed by atoms with Gasteiger partial charge in [0.15, 0.2) is 5.13 Å². The molecule has 158 valence electrons. The molecule has 5 nitrogen and oxygen atoms in total. The molecular formula is C23H26ClN3O2S. The van der Waals surface area contributed by atoms with Crippen molar-refractivity contribution in [2.75, 3.05) is 44.3 Å². The lowest BCUT2D eigenvalue weighted by atomic mass is 10.1. The number of carbonyl (C=O) groups excluding carboxylic acids is 1. The lowest BCUT2D eigenvalue weighted by Crippen LogP contribution is -2.43. The number of hydrogen-bond donors (Lipinski definition) is 0. The van der Waals surface area contributed by atoms with Gasteiger partial charge in [-0.2, -0.15) is 0 Å². The van der Waals surface area contributed by atoms with Crippen LogP contribution >= 0.6 is 22.9 Å². The number of rotatable bonds is 5. The highest BCUT2D eigenvalue weighted by Crippen LogP contribution is 2.34. The average molecular weight is 444 g/mol. The maximum absolute atomic E-state index is 13.5. The molecule has 0 radical (unpaired) electrons. The predicted octanol–water partition coefficient (Wildman–Crippen LogP) is 4.85. The number of carbonyl (C=O) groups is 1. The van der Waals surface area contributed by atoms with Crippen LogP contribution in [0.15, 0.2) is 30.3 Å². The molecule has 0 atom stereocenters. The summed E-state index contributed by atoms with van der Waals surface area (Å²) < 4.78 is 6.49. The summed E-state index contributed by atoms with van der Waals surface area (Å²) >= 11 is 7.83. The molecule has 0 aliphatic carbocycles. The van der Waals surface area contributed by atoms with Crippen LogP contribution in [0.3, 0.4) is 0 Å². The summed E-state index contributed by atoms with van der Waals surface area (Å²) in [6, 6.07) is 9.75. The molecule has 2 aromatic carbocycles. The van der Waals surface area contributed by atoms with Crippen LogP contribution in [-0.2, 0) is 4.74 Å². The van der Waals surface area contributed by atoms with Crippen molar-refractivity contribution >= 4 is 44.2 Å². The van der Waals surface area contributed by atoms with Crippen LogP contribution in [0.25, 0.3) is 10.2 Å². The van der Waals surface area contributed by atoms with Crippen LogP contribution in [-0.4, -0.2) is 55.2 Å². The van der Waals surface area contributed by atoms with Crippen molar-refractivity contribution in [3.05, 3.63) is 57.6 Å². The molecule has 0 N–H and O–H groups in total. The maximum Gasteiger partial charge on any atom is 0.260 e. The van der Waals surface area contributed by atoms with Crippen LogP contribution in [0.2, 0.25) is 5.02 Å². The van der Waals surface area contributed by atoms with Gasteiger partial charge in [0.05, 0.1) is 23.4 Å². The number of benzene rings is 2. The molecule has 0 bridgehead atoms. The summed E-state index contributed by atoms with van der Waals surface area (Å²) in [5.41, 5.74) is 4.79. The van der Waals surface area contributed by atoms with Gasteiger partial charge in [-0.25, -0.2) is 4.98 Å². The molecule has 1 aromatic heterocycles. The minimum Gasteiger partial charge on any atom is -0.379 e. The van der Waals surface area contributed by atoms with Gasteiger partial charge in [-0.05, 0) is 61.7 Å². The van der Waals surface area contributed by atoms with Crippen molar-refractivity contribution < 1.29 is 9.53 Å². The largest absolute Gasteiger partial charge is 0.379 e. The highest BCUT2D eigenvalue weighted by atomic mass is 35.5. The number of anilines is 1. The Balaban J connectivity index is 1.68. The highest BCUT2D eigenvalue weighted by Gasteiger charge is 2.23. The van der Waals surface area contributed by atoms with E-state index in [1.54, 1.807) is 0 Å². The number of thiazole rings is 1. The number of aryl methyl sites for hydroxylation is 3. The summed E-state index contributed by atoms with van der Waals surface area (Å²) in [6.45, 7) is 10.7. The SMILES string of the molecule is Cc1ccc(C(=O)N(CCN2CCOCC2)c2nc3c(C)c(Cl)ccc3s2)cc1C. The van der Waals surface area contributed by atoms with Crippen LogP contribution in [0.1, 0.15) is 27.0 Å². The van der Waals surface area contributed by atoms with E-state index in [0.717, 1.165) is 54.2 Å². The van der Waals surface area contributed by atoms with E-state index in [1.807, 2.05) is 49.1 Å². The van der Waals surface area contributed by atoms with Gasteiger partial charge < -0.3 is 4.74 Å². The summed E-state index contributed by atoms with van der Waals surface area (Å²) in [5.74, 6) is -0.0193. The molecule has 2 heterocycles. The monoisotopic (exact) mass is 443 g/mol. The fourth-order valence-corrected chi connectivity index (χ4v) is 4.79. The van der Waals surface area contributed by atoms with Gasteiger partial charge in [0.1, 0.15) is 0 Å². The van der Waals surface area contributed by atoms with E-state index in [0.29, 0.717) is 22.3 Å². The van der Waals surface area contributed by atoms with Crippen molar-refractivity contribution in [2.45, 2.75) is 20.8 Å². The Kier molecular flexibility index (Phi) is 6.39. The first-order valence-electron chi connectivity index (χ1n) is 10.2. The predicted molar refractivity (Wildman–Crippen MR) is 124 cm³/mol. The number of halogens is 1. The topological polar surface area (TPSA) is 45.7 Å². The number of aromatic nitrogens is 1. The second kappa shape index (κ2) is 9.02. The Hall–Kier alpha value is -1.99. The maximum atomic E-state index is 13.5. The molecule has 0 saturated carbocycles. The normalized spacial score (nSPS) is 14.9. The molecule has 0 spiro atoms. The minimum atomic E-state index is -0.0193. The van der Waals surface area contributed by atoms with E-state index in [9.17, 15) is 4.79 Å². The minimum absolute atomic E-state index is 0.0193. The first-order valence-corrected chi connectivity index (χ1v) is 11.4. The van der Waals surface area contributed by atoms with E-state index >= 15 is 0 Å². The molecule has 30 heavy (non-hydrogen) atoms. The fraction of sp³-hybridized carbons (Fsp3) is 0.391. The zero-order valence-electron chi connectivity index (χ0n) is 17.6. The quantitative estimate of drug-likeness (QED) is 0.565. The smallest absolute Gasteiger partial charge is 0.260 e. The standard InChI is InChI=1S/C23H26ClN3O2S/c1-15-4-5-18(14-16(15)2)22(28)27(9-8-26-10-12-29-13-11-26)23-25-21-17(3)19(24)6-7-20(21)30-23/h4-7,14H,8-13H2,1-3H3. The van der Waals surface area contributed by atoms with E-state index < -0.39 is 0 Å². The van der Waals surface area contributed by atoms with E-state index in [4.69, 9.17) is 21.3 Å². The van der Waals surface area contributed by atoms with Gasteiger partial charge in [-0.1, -0.05) is 29.0 Å². The number of amides is 1. The van der Waals surface area contributed by atoms with Crippen molar-refractivity contribution in [2.24, 2.45) is 0 Å². The zero-order valence-corrected chi connectivity index (χ0v) is 19.1. The lowest BCUT2D eigenvalue weighted by molar-refractivity contribution is 0.0391. The Morgan fingerprint density at radius 1 is 1.17 bits per heavy atom. The van der Waals surface area contributed by atoms with E-state index in [-0.39, 0.29) is 5.91 Å². The number of fused-ring (bicyclic) bond motifs is 1. The van der Waals surface area contributed by atoms with Crippen LogP contribution in [0.4, 0.5) is 5.13 Å². The summed E-state index contributed by atoms with van der Waals surface area (Å²) in [7, 11) is 0. The Labute approximate surface area is 186 Å². The fourth-order valence-electron chi connectivity index (χ4n) is 3.58. The van der Waals surface area contributed by atoms with Gasteiger partial charge in [0.2, 0.25) is 0 Å². The first kappa shape index (κ1) is 21.2. The van der Waals surface area contributed by atoms with Crippen LogP contribution < -0.4 is 4.90 Å². The van der Waals surface area contributed by atoms with Gasteiger partial charge >= 0.3 is 0 Å². The lowest BCUT2D eigenvalue weighted by Gasteiger charge is -2.29. The van der Waals surface area contributed by atoms with Crippen LogP contribution in [0.5, 0.6) is 0 Å². The number of ether oxygens (including phenoxy) is 1. The van der Waals surface area contributed by atoms with Gasteiger partial charge in [0.25, 0.3) is 5.91 Å². The molecule has 1 amide bonds. The number of morpholine rings is 1. The zero-order chi connectivity index (χ0) is 21.3. The molecule has 1 aliphatic rings. The molecule has 1 fully saturated rings. The number of nitrogens with zero attached hydrogens (tertiary/aromatic N) is 3. The summed E-state index contributed by atoms with van der Waals surface area (Å²) in [6.07, 6.45) is 0. The summed E-state index contributed by atoms with van der Waals surface area (Å²) in [4.78, 5) is 22.5. The Morgan fingerprint density at radius 2 is 1.93 bits per heavy atom. The third-order valence-electron chi connectivity index (χ3n) is 5.71.